The Hall–Kier alpha value is -2.10. The highest BCUT2D eigenvalue weighted by atomic mass is 35.5. The molecule has 0 fully saturated rings. The smallest absolute Gasteiger partial charge is 0.146 e. The van der Waals surface area contributed by atoms with E-state index in [1.807, 2.05) is 30.3 Å². The van der Waals surface area contributed by atoms with Crippen molar-refractivity contribution in [3.05, 3.63) is 65.3 Å². The van der Waals surface area contributed by atoms with Crippen molar-refractivity contribution in [3.63, 3.8) is 0 Å². The molecular formula is C17H14ClNO2. The van der Waals surface area contributed by atoms with Crippen LogP contribution in [0.2, 0.25) is 5.02 Å². The minimum absolute atomic E-state index is 0.483. The minimum atomic E-state index is -0.603. The first-order valence-corrected chi connectivity index (χ1v) is 7.01. The van der Waals surface area contributed by atoms with Crippen LogP contribution in [0.25, 0.3) is 10.9 Å². The third-order valence-corrected chi connectivity index (χ3v) is 3.55. The quantitative estimate of drug-likeness (QED) is 0.760. The second kappa shape index (κ2) is 5.72. The zero-order valence-corrected chi connectivity index (χ0v) is 12.2. The standard InChI is InChI=1S/C17H14ClNO2/c1-11(20)15-7-6-13(9-16(15)18)21-14-8-12-4-2-3-5-17(12)19-10-14/h2-11,20H,1H3. The number of aliphatic hydroxyl groups is 1. The van der Waals surface area contributed by atoms with Gasteiger partial charge in [-0.3, -0.25) is 4.98 Å². The van der Waals surface area contributed by atoms with E-state index in [9.17, 15) is 5.11 Å². The number of ether oxygens (including phenoxy) is 1. The van der Waals surface area contributed by atoms with Gasteiger partial charge in [-0.1, -0.05) is 35.9 Å². The Balaban J connectivity index is 1.89. The number of nitrogens with zero attached hydrogens (tertiary/aromatic N) is 1. The molecule has 2 aromatic carbocycles. The first-order chi connectivity index (χ1) is 10.1. The molecule has 4 heteroatoms. The maximum absolute atomic E-state index is 9.57. The molecule has 0 saturated carbocycles. The number of halogens is 1. The molecule has 106 valence electrons. The number of rotatable bonds is 3. The van der Waals surface area contributed by atoms with Gasteiger partial charge in [-0.2, -0.15) is 0 Å². The lowest BCUT2D eigenvalue weighted by Crippen LogP contribution is -1.93. The van der Waals surface area contributed by atoms with Crippen molar-refractivity contribution in [2.24, 2.45) is 0 Å². The van der Waals surface area contributed by atoms with Gasteiger partial charge in [-0.25, -0.2) is 0 Å². The number of hydrogen-bond acceptors (Lipinski definition) is 3. The number of aromatic nitrogens is 1. The van der Waals surface area contributed by atoms with Crippen molar-refractivity contribution >= 4 is 22.5 Å². The molecule has 0 amide bonds. The van der Waals surface area contributed by atoms with Gasteiger partial charge in [0.25, 0.3) is 0 Å². The van der Waals surface area contributed by atoms with Crippen LogP contribution >= 0.6 is 11.6 Å². The van der Waals surface area contributed by atoms with Gasteiger partial charge >= 0.3 is 0 Å². The second-order valence-electron chi connectivity index (χ2n) is 4.83. The van der Waals surface area contributed by atoms with Crippen LogP contribution < -0.4 is 4.74 Å². The Bertz CT molecular complexity index is 787. The van der Waals surface area contributed by atoms with E-state index in [0.717, 1.165) is 10.9 Å². The highest BCUT2D eigenvalue weighted by Gasteiger charge is 2.08. The molecular weight excluding hydrogens is 286 g/mol. The number of hydrogen-bond donors (Lipinski definition) is 1. The van der Waals surface area contributed by atoms with Crippen LogP contribution in [0.4, 0.5) is 0 Å². The molecule has 0 aliphatic heterocycles. The van der Waals surface area contributed by atoms with E-state index >= 15 is 0 Å². The number of pyridine rings is 1. The van der Waals surface area contributed by atoms with E-state index in [1.165, 1.54) is 0 Å². The molecule has 3 rings (SSSR count). The normalized spacial score (nSPS) is 12.3. The fourth-order valence-electron chi connectivity index (χ4n) is 2.15. The van der Waals surface area contributed by atoms with Gasteiger partial charge < -0.3 is 9.84 Å². The average Bonchev–Trinajstić information content (AvgIpc) is 2.47. The first-order valence-electron chi connectivity index (χ1n) is 6.63. The summed E-state index contributed by atoms with van der Waals surface area (Å²) in [5.41, 5.74) is 1.60. The maximum atomic E-state index is 9.57. The average molecular weight is 300 g/mol. The van der Waals surface area contributed by atoms with Crippen LogP contribution in [0, 0.1) is 0 Å². The summed E-state index contributed by atoms with van der Waals surface area (Å²) in [6, 6.07) is 15.0. The molecule has 21 heavy (non-hydrogen) atoms. The fraction of sp³-hybridized carbons (Fsp3) is 0.118. The summed E-state index contributed by atoms with van der Waals surface area (Å²) in [4.78, 5) is 4.35. The van der Waals surface area contributed by atoms with Gasteiger partial charge in [-0.15, -0.1) is 0 Å². The third-order valence-electron chi connectivity index (χ3n) is 3.22. The highest BCUT2D eigenvalue weighted by molar-refractivity contribution is 6.31. The van der Waals surface area contributed by atoms with E-state index < -0.39 is 6.10 Å². The predicted octanol–water partition coefficient (Wildman–Crippen LogP) is 4.73. The monoisotopic (exact) mass is 299 g/mol. The van der Waals surface area contributed by atoms with Gasteiger partial charge in [0.05, 0.1) is 22.8 Å². The zero-order chi connectivity index (χ0) is 14.8. The molecule has 3 nitrogen and oxygen atoms in total. The fourth-order valence-corrected chi connectivity index (χ4v) is 2.48. The molecule has 1 atom stereocenters. The summed E-state index contributed by atoms with van der Waals surface area (Å²) in [6.45, 7) is 1.68. The number of fused-ring (bicyclic) bond motifs is 1. The van der Waals surface area contributed by atoms with Crippen molar-refractivity contribution in [1.29, 1.82) is 0 Å². The van der Waals surface area contributed by atoms with E-state index in [4.69, 9.17) is 16.3 Å². The molecule has 1 N–H and O–H groups in total. The number of aliphatic hydroxyl groups excluding tert-OH is 1. The number of para-hydroxylation sites is 1. The Labute approximate surface area is 127 Å². The third kappa shape index (κ3) is 2.99. The maximum Gasteiger partial charge on any atom is 0.146 e. The SMILES string of the molecule is CC(O)c1ccc(Oc2cnc3ccccc3c2)cc1Cl. The first kappa shape index (κ1) is 13.9. The Morgan fingerprint density at radius 3 is 2.67 bits per heavy atom. The van der Waals surface area contributed by atoms with Gasteiger partial charge in [0.2, 0.25) is 0 Å². The summed E-state index contributed by atoms with van der Waals surface area (Å²) >= 11 is 6.13. The van der Waals surface area contributed by atoms with Crippen LogP contribution in [0.3, 0.4) is 0 Å². The molecule has 1 aromatic heterocycles. The Kier molecular flexibility index (Phi) is 3.78. The van der Waals surface area contributed by atoms with Gasteiger partial charge in [0, 0.05) is 5.39 Å². The van der Waals surface area contributed by atoms with Crippen LogP contribution in [0.15, 0.2) is 54.7 Å². The van der Waals surface area contributed by atoms with Crippen molar-refractivity contribution in [2.45, 2.75) is 13.0 Å². The lowest BCUT2D eigenvalue weighted by Gasteiger charge is -2.10. The molecule has 0 spiro atoms. The summed E-state index contributed by atoms with van der Waals surface area (Å²) in [5.74, 6) is 1.26. The lowest BCUT2D eigenvalue weighted by molar-refractivity contribution is 0.199. The summed E-state index contributed by atoms with van der Waals surface area (Å²) in [5, 5.41) is 11.1. The largest absolute Gasteiger partial charge is 0.456 e. The van der Waals surface area contributed by atoms with Crippen LogP contribution in [-0.2, 0) is 0 Å². The molecule has 0 saturated heterocycles. The predicted molar refractivity (Wildman–Crippen MR) is 83.9 cm³/mol. The Morgan fingerprint density at radius 2 is 1.90 bits per heavy atom. The molecule has 0 radical (unpaired) electrons. The van der Waals surface area contributed by atoms with E-state index in [1.54, 1.807) is 31.3 Å². The molecule has 1 heterocycles. The van der Waals surface area contributed by atoms with Crippen molar-refractivity contribution in [3.8, 4) is 11.5 Å². The lowest BCUT2D eigenvalue weighted by atomic mass is 10.1. The van der Waals surface area contributed by atoms with Crippen LogP contribution in [-0.4, -0.2) is 10.1 Å². The molecule has 0 bridgehead atoms. The summed E-state index contributed by atoms with van der Waals surface area (Å²) in [7, 11) is 0. The van der Waals surface area contributed by atoms with Gasteiger partial charge in [0.15, 0.2) is 0 Å². The second-order valence-corrected chi connectivity index (χ2v) is 5.23. The van der Waals surface area contributed by atoms with E-state index in [0.29, 0.717) is 22.1 Å². The molecule has 0 aliphatic carbocycles. The summed E-state index contributed by atoms with van der Waals surface area (Å²) in [6.07, 6.45) is 1.08. The Morgan fingerprint density at radius 1 is 1.10 bits per heavy atom. The van der Waals surface area contributed by atoms with Gasteiger partial charge in [-0.05, 0) is 36.8 Å². The van der Waals surface area contributed by atoms with Crippen LogP contribution in [0.5, 0.6) is 11.5 Å². The molecule has 3 aromatic rings. The molecule has 1 unspecified atom stereocenters. The zero-order valence-electron chi connectivity index (χ0n) is 11.5. The minimum Gasteiger partial charge on any atom is -0.456 e. The van der Waals surface area contributed by atoms with Crippen molar-refractivity contribution in [1.82, 2.24) is 4.98 Å². The van der Waals surface area contributed by atoms with Crippen molar-refractivity contribution < 1.29 is 9.84 Å². The van der Waals surface area contributed by atoms with E-state index in [-0.39, 0.29) is 0 Å². The highest BCUT2D eigenvalue weighted by Crippen LogP contribution is 2.30. The van der Waals surface area contributed by atoms with E-state index in [2.05, 4.69) is 4.98 Å². The topological polar surface area (TPSA) is 42.4 Å². The van der Waals surface area contributed by atoms with Crippen LogP contribution in [0.1, 0.15) is 18.6 Å². The van der Waals surface area contributed by atoms with Gasteiger partial charge in [0.1, 0.15) is 11.5 Å². The molecule has 0 aliphatic rings. The number of benzene rings is 2. The summed E-state index contributed by atoms with van der Waals surface area (Å²) < 4.78 is 5.77. The van der Waals surface area contributed by atoms with Crippen molar-refractivity contribution in [2.75, 3.05) is 0 Å².